The van der Waals surface area contributed by atoms with Gasteiger partial charge in [0, 0.05) is 18.2 Å². The molecule has 9 nitrogen and oxygen atoms in total. The Balaban J connectivity index is 2.01. The first kappa shape index (κ1) is 26.3. The number of aliphatic carboxylic acids is 1. The summed E-state index contributed by atoms with van der Waals surface area (Å²) < 4.78 is 17.0. The Kier molecular flexibility index (Phi) is 8.95. The van der Waals surface area contributed by atoms with Crippen molar-refractivity contribution in [2.75, 3.05) is 40.2 Å². The number of ether oxygens (including phenoxy) is 3. The first-order valence-corrected chi connectivity index (χ1v) is 11.8. The number of carbonyl (C=O) groups is 1. The highest BCUT2D eigenvalue weighted by Crippen LogP contribution is 2.50. The maximum atomic E-state index is 13.2. The van der Waals surface area contributed by atoms with Gasteiger partial charge in [0.1, 0.15) is 6.04 Å². The van der Waals surface area contributed by atoms with Crippen LogP contribution in [0, 0.1) is 0 Å². The lowest BCUT2D eigenvalue weighted by Crippen LogP contribution is -2.29. The fourth-order valence-corrected chi connectivity index (χ4v) is 4.59. The Labute approximate surface area is 205 Å². The third-order valence-electron chi connectivity index (χ3n) is 6.46. The number of nitrogens with one attached hydrogen (secondary N) is 2. The average Bonchev–Trinajstić information content (AvgIpc) is 3.10. The Morgan fingerprint density at radius 1 is 1.14 bits per heavy atom. The van der Waals surface area contributed by atoms with Gasteiger partial charge in [-0.3, -0.25) is 9.59 Å². The molecule has 0 radical (unpaired) electrons. The number of hydrogen-bond donors (Lipinski definition) is 4. The van der Waals surface area contributed by atoms with Crippen LogP contribution >= 0.6 is 0 Å². The van der Waals surface area contributed by atoms with Crippen molar-refractivity contribution in [3.8, 4) is 28.4 Å². The zero-order valence-electron chi connectivity index (χ0n) is 20.8. The summed E-state index contributed by atoms with van der Waals surface area (Å²) in [5.41, 5.74) is 9.66. The molecule has 0 saturated heterocycles. The fourth-order valence-electron chi connectivity index (χ4n) is 4.59. The normalized spacial score (nSPS) is 15.3. The van der Waals surface area contributed by atoms with Crippen molar-refractivity contribution < 1.29 is 24.1 Å². The van der Waals surface area contributed by atoms with Crippen LogP contribution in [0.1, 0.15) is 42.9 Å². The summed E-state index contributed by atoms with van der Waals surface area (Å²) in [6.07, 6.45) is 3.31. The molecule has 0 unspecified atom stereocenters. The molecule has 0 spiro atoms. The number of hydrogen-bond acceptors (Lipinski definition) is 8. The van der Waals surface area contributed by atoms with Gasteiger partial charge in [0.2, 0.25) is 11.2 Å². The molecule has 0 heterocycles. The van der Waals surface area contributed by atoms with Gasteiger partial charge in [-0.2, -0.15) is 0 Å². The van der Waals surface area contributed by atoms with Gasteiger partial charge in [-0.25, -0.2) is 0 Å². The second-order valence-corrected chi connectivity index (χ2v) is 8.55. The number of benzene rings is 1. The molecule has 0 bridgehead atoms. The van der Waals surface area contributed by atoms with Crippen molar-refractivity contribution in [2.24, 2.45) is 5.73 Å². The average molecular weight is 486 g/mol. The maximum Gasteiger partial charge on any atom is 0.320 e. The summed E-state index contributed by atoms with van der Waals surface area (Å²) in [6, 6.07) is 6.52. The van der Waals surface area contributed by atoms with Crippen LogP contribution in [0.2, 0.25) is 0 Å². The van der Waals surface area contributed by atoms with Crippen molar-refractivity contribution >= 4 is 11.7 Å². The second kappa shape index (κ2) is 11.9. The summed E-state index contributed by atoms with van der Waals surface area (Å²) >= 11 is 0. The Morgan fingerprint density at radius 2 is 1.89 bits per heavy atom. The quantitative estimate of drug-likeness (QED) is 0.355. The Bertz CT molecular complexity index is 1120. The largest absolute Gasteiger partial charge is 0.493 e. The molecular weight excluding hydrogens is 450 g/mol. The van der Waals surface area contributed by atoms with E-state index in [9.17, 15) is 9.59 Å². The van der Waals surface area contributed by atoms with E-state index in [1.54, 1.807) is 33.5 Å². The van der Waals surface area contributed by atoms with E-state index in [0.717, 1.165) is 35.1 Å². The Hall–Kier alpha value is -3.30. The van der Waals surface area contributed by atoms with Crippen molar-refractivity contribution in [2.45, 2.75) is 44.2 Å². The molecule has 2 atom stereocenters. The molecule has 0 aliphatic heterocycles. The predicted molar refractivity (Wildman–Crippen MR) is 136 cm³/mol. The fraction of sp³-hybridized carbons (Fsp3) is 0.462. The number of anilines is 1. The molecule has 0 saturated carbocycles. The van der Waals surface area contributed by atoms with Crippen LogP contribution in [-0.2, 0) is 11.2 Å². The molecular formula is C26H35N3O6. The molecule has 190 valence electrons. The Morgan fingerprint density at radius 3 is 2.51 bits per heavy atom. The highest BCUT2D eigenvalue weighted by Gasteiger charge is 2.28. The van der Waals surface area contributed by atoms with Gasteiger partial charge in [-0.15, -0.1) is 0 Å². The van der Waals surface area contributed by atoms with Gasteiger partial charge in [0.25, 0.3) is 0 Å². The molecule has 2 aromatic rings. The predicted octanol–water partition coefficient (Wildman–Crippen LogP) is 2.94. The molecule has 5 N–H and O–H groups in total. The van der Waals surface area contributed by atoms with Crippen molar-refractivity contribution in [1.29, 1.82) is 0 Å². The van der Waals surface area contributed by atoms with Gasteiger partial charge < -0.3 is 35.7 Å². The van der Waals surface area contributed by atoms with Crippen LogP contribution in [0.5, 0.6) is 17.2 Å². The first-order valence-electron chi connectivity index (χ1n) is 11.8. The monoisotopic (exact) mass is 485 g/mol. The number of unbranched alkanes of at least 4 members (excludes halogenated alkanes) is 1. The van der Waals surface area contributed by atoms with E-state index >= 15 is 0 Å². The van der Waals surface area contributed by atoms with E-state index in [0.29, 0.717) is 48.7 Å². The first-order chi connectivity index (χ1) is 16.9. The SMILES string of the molecule is CN[C@@H]1CCc2cc(OC)c(OC)c(OC)c2-c2ccc(NCCCC[C@@H](N)C(=O)O)c(=O)cc21. The van der Waals surface area contributed by atoms with E-state index in [4.69, 9.17) is 25.1 Å². The molecule has 0 aromatic heterocycles. The van der Waals surface area contributed by atoms with Crippen LogP contribution in [0.3, 0.4) is 0 Å². The minimum absolute atomic E-state index is 0.0236. The highest BCUT2D eigenvalue weighted by molar-refractivity contribution is 5.83. The van der Waals surface area contributed by atoms with Crippen molar-refractivity contribution in [3.05, 3.63) is 45.6 Å². The minimum Gasteiger partial charge on any atom is -0.493 e. The molecule has 1 aliphatic rings. The van der Waals surface area contributed by atoms with E-state index in [1.807, 2.05) is 19.2 Å². The molecule has 35 heavy (non-hydrogen) atoms. The topological polar surface area (TPSA) is 132 Å². The van der Waals surface area contributed by atoms with E-state index in [2.05, 4.69) is 10.6 Å². The van der Waals surface area contributed by atoms with Crippen molar-refractivity contribution in [3.63, 3.8) is 0 Å². The van der Waals surface area contributed by atoms with E-state index in [1.165, 1.54) is 0 Å². The smallest absolute Gasteiger partial charge is 0.320 e. The third kappa shape index (κ3) is 5.68. The zero-order valence-corrected chi connectivity index (χ0v) is 20.8. The lowest BCUT2D eigenvalue weighted by molar-refractivity contribution is -0.138. The number of nitrogens with two attached hydrogens (primary N) is 1. The van der Waals surface area contributed by atoms with Gasteiger partial charge in [-0.05, 0) is 74.0 Å². The maximum absolute atomic E-state index is 13.2. The summed E-state index contributed by atoms with van der Waals surface area (Å²) in [6.45, 7) is 0.538. The lowest BCUT2D eigenvalue weighted by atomic mass is 9.95. The van der Waals surface area contributed by atoms with Crippen molar-refractivity contribution in [1.82, 2.24) is 5.32 Å². The second-order valence-electron chi connectivity index (χ2n) is 8.55. The molecule has 1 aliphatic carbocycles. The standard InChI is InChI=1S/C26H35N3O6/c1-28-19-10-8-15-13-22(33-2)24(34-3)25(35-4)23(15)16-9-11-20(21(30)14-17(16)19)29-12-6-5-7-18(27)26(31)32/h9,11,13-14,18-19,28H,5-8,10,12,27H2,1-4H3,(H,29,30)(H,31,32)/t18-,19-/m1/s1. The van der Waals surface area contributed by atoms with Crippen LogP contribution in [0.4, 0.5) is 5.69 Å². The number of carboxylic acid groups (broad SMARTS) is 1. The number of fused-ring (bicyclic) bond motifs is 3. The van der Waals surface area contributed by atoms with E-state index in [-0.39, 0.29) is 11.5 Å². The molecule has 0 fully saturated rings. The van der Waals surface area contributed by atoms with Gasteiger partial charge >= 0.3 is 5.97 Å². The molecule has 0 amide bonds. The summed E-state index contributed by atoms with van der Waals surface area (Å²) in [4.78, 5) is 24.0. The number of aryl methyl sites for hydroxylation is 1. The molecule has 3 rings (SSSR count). The van der Waals surface area contributed by atoms with Crippen LogP contribution < -0.4 is 36.0 Å². The minimum atomic E-state index is -1.000. The van der Waals surface area contributed by atoms with Crippen LogP contribution in [0.15, 0.2) is 29.1 Å². The summed E-state index contributed by atoms with van der Waals surface area (Å²) in [5.74, 6) is 0.681. The summed E-state index contributed by atoms with van der Waals surface area (Å²) in [7, 11) is 6.67. The lowest BCUT2D eigenvalue weighted by Gasteiger charge is -2.19. The van der Waals surface area contributed by atoms with Gasteiger partial charge in [0.05, 0.1) is 27.0 Å². The highest BCUT2D eigenvalue weighted by atomic mass is 16.5. The molecule has 2 aromatic carbocycles. The number of rotatable bonds is 11. The van der Waals surface area contributed by atoms with Crippen LogP contribution in [-0.4, -0.2) is 52.0 Å². The zero-order chi connectivity index (χ0) is 25.5. The van der Waals surface area contributed by atoms with Gasteiger partial charge in [-0.1, -0.05) is 6.07 Å². The number of carboxylic acids is 1. The number of methoxy groups -OCH3 is 3. The molecule has 9 heteroatoms. The third-order valence-corrected chi connectivity index (χ3v) is 6.46. The summed E-state index contributed by atoms with van der Waals surface area (Å²) in [5, 5.41) is 15.5. The van der Waals surface area contributed by atoms with E-state index < -0.39 is 12.0 Å². The van der Waals surface area contributed by atoms with Gasteiger partial charge in [0.15, 0.2) is 11.5 Å². The van der Waals surface area contributed by atoms with Crippen LogP contribution in [0.25, 0.3) is 11.1 Å².